The van der Waals surface area contributed by atoms with Crippen molar-refractivity contribution in [3.8, 4) is 0 Å². The average molecular weight is 374 g/mol. The van der Waals surface area contributed by atoms with Gasteiger partial charge in [-0.3, -0.25) is 4.79 Å². The van der Waals surface area contributed by atoms with Crippen LogP contribution in [0.5, 0.6) is 0 Å². The van der Waals surface area contributed by atoms with Crippen molar-refractivity contribution in [2.45, 2.75) is 64.3 Å². The molecular weight excluding hydrogens is 348 g/mol. The molecule has 2 aromatic heterocycles. The van der Waals surface area contributed by atoms with Crippen LogP contribution in [0.2, 0.25) is 0 Å². The van der Waals surface area contributed by atoms with Crippen molar-refractivity contribution in [1.29, 1.82) is 0 Å². The molecule has 1 unspecified atom stereocenters. The van der Waals surface area contributed by atoms with Gasteiger partial charge >= 0.3 is 0 Å². The number of amides is 1. The van der Waals surface area contributed by atoms with E-state index in [0.717, 1.165) is 54.8 Å². The Labute approximate surface area is 165 Å². The Kier molecular flexibility index (Phi) is 4.38. The van der Waals surface area contributed by atoms with Crippen molar-refractivity contribution in [2.24, 2.45) is 0 Å². The van der Waals surface area contributed by atoms with Crippen LogP contribution in [0.4, 0.5) is 0 Å². The number of nitrogens with one attached hydrogen (secondary N) is 2. The summed E-state index contributed by atoms with van der Waals surface area (Å²) >= 11 is 0. The van der Waals surface area contributed by atoms with Crippen molar-refractivity contribution in [3.05, 3.63) is 58.3 Å². The van der Waals surface area contributed by atoms with E-state index in [4.69, 9.17) is 4.98 Å². The van der Waals surface area contributed by atoms with E-state index in [0.29, 0.717) is 6.54 Å². The van der Waals surface area contributed by atoms with Gasteiger partial charge in [-0.1, -0.05) is 18.2 Å². The standard InChI is InChI=1S/C23H26N4O/c1-14-15-7-2-4-11-19(15)26-21(25-14)13-24-23(28)18-10-6-9-17-16-8-3-5-12-20(16)27-22(17)18/h3,5,8,12,18,27H,2,4,6-7,9-11,13H2,1H3,(H,24,28). The van der Waals surface area contributed by atoms with E-state index in [1.165, 1.54) is 35.0 Å². The fraction of sp³-hybridized carbons (Fsp3) is 0.435. The number of benzene rings is 1. The van der Waals surface area contributed by atoms with Crippen LogP contribution in [0.25, 0.3) is 10.9 Å². The highest BCUT2D eigenvalue weighted by atomic mass is 16.1. The molecule has 2 heterocycles. The Morgan fingerprint density at radius 2 is 1.93 bits per heavy atom. The Morgan fingerprint density at radius 3 is 2.86 bits per heavy atom. The van der Waals surface area contributed by atoms with Crippen molar-refractivity contribution in [1.82, 2.24) is 20.3 Å². The monoisotopic (exact) mass is 374 g/mol. The number of aromatic nitrogens is 3. The third-order valence-corrected chi connectivity index (χ3v) is 6.29. The molecule has 1 atom stereocenters. The maximum absolute atomic E-state index is 13.0. The lowest BCUT2D eigenvalue weighted by Gasteiger charge is -2.22. The first kappa shape index (κ1) is 17.4. The molecule has 0 radical (unpaired) electrons. The maximum atomic E-state index is 13.0. The highest BCUT2D eigenvalue weighted by molar-refractivity contribution is 5.90. The van der Waals surface area contributed by atoms with Gasteiger partial charge in [0.05, 0.1) is 12.5 Å². The number of nitrogens with zero attached hydrogens (tertiary/aromatic N) is 2. The number of aryl methyl sites for hydroxylation is 3. The van der Waals surface area contributed by atoms with Crippen LogP contribution < -0.4 is 5.32 Å². The van der Waals surface area contributed by atoms with Crippen molar-refractivity contribution in [3.63, 3.8) is 0 Å². The minimum absolute atomic E-state index is 0.0754. The Balaban J connectivity index is 1.35. The number of carbonyl (C=O) groups is 1. The molecule has 3 aromatic rings. The Hall–Kier alpha value is -2.69. The number of H-pyrrole nitrogens is 1. The third kappa shape index (κ3) is 2.99. The first-order valence-electron chi connectivity index (χ1n) is 10.4. The molecule has 0 fully saturated rings. The number of hydrogen-bond donors (Lipinski definition) is 2. The zero-order valence-corrected chi connectivity index (χ0v) is 16.3. The fourth-order valence-corrected chi connectivity index (χ4v) is 4.89. The van der Waals surface area contributed by atoms with Gasteiger partial charge in [-0.05, 0) is 69.1 Å². The number of para-hydroxylation sites is 1. The highest BCUT2D eigenvalue weighted by Crippen LogP contribution is 2.36. The molecule has 28 heavy (non-hydrogen) atoms. The average Bonchev–Trinajstić information content (AvgIpc) is 3.11. The first-order chi connectivity index (χ1) is 13.7. The Bertz CT molecular complexity index is 1050. The fourth-order valence-electron chi connectivity index (χ4n) is 4.89. The van der Waals surface area contributed by atoms with Gasteiger partial charge < -0.3 is 10.3 Å². The Morgan fingerprint density at radius 1 is 1.11 bits per heavy atom. The SMILES string of the molecule is Cc1nc(CNC(=O)C2CCCc3c2[nH]c2ccccc32)nc2c1CCCC2. The zero-order chi connectivity index (χ0) is 19.1. The number of aromatic amines is 1. The molecule has 0 spiro atoms. The molecule has 0 bridgehead atoms. The second-order valence-corrected chi connectivity index (χ2v) is 8.08. The quantitative estimate of drug-likeness (QED) is 0.731. The number of rotatable bonds is 3. The molecule has 0 saturated heterocycles. The second-order valence-electron chi connectivity index (χ2n) is 8.08. The van der Waals surface area contributed by atoms with Gasteiger partial charge in [-0.15, -0.1) is 0 Å². The van der Waals surface area contributed by atoms with Crippen LogP contribution in [0.15, 0.2) is 24.3 Å². The summed E-state index contributed by atoms with van der Waals surface area (Å²) in [5.74, 6) is 0.695. The van der Waals surface area contributed by atoms with E-state index in [9.17, 15) is 4.79 Å². The molecule has 5 nitrogen and oxygen atoms in total. The topological polar surface area (TPSA) is 70.7 Å². The zero-order valence-electron chi connectivity index (χ0n) is 16.3. The summed E-state index contributed by atoms with van der Waals surface area (Å²) in [5.41, 5.74) is 7.09. The van der Waals surface area contributed by atoms with Gasteiger partial charge in [0.1, 0.15) is 5.82 Å². The van der Waals surface area contributed by atoms with Gasteiger partial charge in [0, 0.05) is 28.0 Å². The maximum Gasteiger partial charge on any atom is 0.229 e. The predicted octanol–water partition coefficient (Wildman–Crippen LogP) is 3.88. The largest absolute Gasteiger partial charge is 0.357 e. The van der Waals surface area contributed by atoms with Crippen LogP contribution in [0.3, 0.4) is 0 Å². The summed E-state index contributed by atoms with van der Waals surface area (Å²) < 4.78 is 0. The minimum Gasteiger partial charge on any atom is -0.357 e. The number of hydrogen-bond acceptors (Lipinski definition) is 3. The minimum atomic E-state index is -0.116. The molecule has 5 rings (SSSR count). The summed E-state index contributed by atoms with van der Waals surface area (Å²) in [6.07, 6.45) is 7.50. The third-order valence-electron chi connectivity index (χ3n) is 6.29. The summed E-state index contributed by atoms with van der Waals surface area (Å²) in [6.45, 7) is 2.47. The van der Waals surface area contributed by atoms with Crippen LogP contribution in [-0.4, -0.2) is 20.9 Å². The van der Waals surface area contributed by atoms with E-state index in [1.807, 2.05) is 6.07 Å². The van der Waals surface area contributed by atoms with Gasteiger partial charge in [0.25, 0.3) is 0 Å². The lowest BCUT2D eigenvalue weighted by Crippen LogP contribution is -2.32. The van der Waals surface area contributed by atoms with E-state index < -0.39 is 0 Å². The van der Waals surface area contributed by atoms with Gasteiger partial charge in [-0.25, -0.2) is 9.97 Å². The number of carbonyl (C=O) groups excluding carboxylic acids is 1. The summed E-state index contributed by atoms with van der Waals surface area (Å²) in [7, 11) is 0. The summed E-state index contributed by atoms with van der Waals surface area (Å²) in [6, 6.07) is 8.34. The molecule has 1 amide bonds. The lowest BCUT2D eigenvalue weighted by atomic mass is 9.86. The van der Waals surface area contributed by atoms with Crippen LogP contribution >= 0.6 is 0 Å². The van der Waals surface area contributed by atoms with Gasteiger partial charge in [0.2, 0.25) is 5.91 Å². The molecule has 5 heteroatoms. The molecular formula is C23H26N4O. The molecule has 2 aliphatic carbocycles. The molecule has 2 aliphatic rings. The van der Waals surface area contributed by atoms with Crippen LogP contribution in [-0.2, 0) is 30.6 Å². The van der Waals surface area contributed by atoms with Crippen LogP contribution in [0.1, 0.15) is 65.6 Å². The van der Waals surface area contributed by atoms with E-state index in [2.05, 4.69) is 40.4 Å². The van der Waals surface area contributed by atoms with Crippen molar-refractivity contribution >= 4 is 16.8 Å². The number of fused-ring (bicyclic) bond motifs is 4. The molecule has 0 saturated carbocycles. The second kappa shape index (κ2) is 7.04. The van der Waals surface area contributed by atoms with Crippen molar-refractivity contribution < 1.29 is 4.79 Å². The van der Waals surface area contributed by atoms with E-state index in [-0.39, 0.29) is 11.8 Å². The smallest absolute Gasteiger partial charge is 0.229 e. The molecule has 144 valence electrons. The normalized spacial score (nSPS) is 18.5. The molecule has 1 aromatic carbocycles. The summed E-state index contributed by atoms with van der Waals surface area (Å²) in [4.78, 5) is 25.9. The summed E-state index contributed by atoms with van der Waals surface area (Å²) in [5, 5.41) is 4.36. The van der Waals surface area contributed by atoms with Crippen molar-refractivity contribution in [2.75, 3.05) is 0 Å². The van der Waals surface area contributed by atoms with E-state index in [1.54, 1.807) is 0 Å². The van der Waals surface area contributed by atoms with Gasteiger partial charge in [0.15, 0.2) is 0 Å². The predicted molar refractivity (Wildman–Crippen MR) is 109 cm³/mol. The van der Waals surface area contributed by atoms with Crippen LogP contribution in [0, 0.1) is 6.92 Å². The molecule has 0 aliphatic heterocycles. The highest BCUT2D eigenvalue weighted by Gasteiger charge is 2.29. The van der Waals surface area contributed by atoms with E-state index >= 15 is 0 Å². The lowest BCUT2D eigenvalue weighted by molar-refractivity contribution is -0.123. The molecule has 2 N–H and O–H groups in total. The van der Waals surface area contributed by atoms with Gasteiger partial charge in [-0.2, -0.15) is 0 Å². The first-order valence-corrected chi connectivity index (χ1v) is 10.4.